The largest absolute Gasteiger partial charge is 0.508 e. The monoisotopic (exact) mass is 277 g/mol. The van der Waals surface area contributed by atoms with Crippen LogP contribution in [-0.2, 0) is 0 Å². The molecule has 0 heterocycles. The molecular weight excluding hydrogens is 254 g/mol. The van der Waals surface area contributed by atoms with Gasteiger partial charge in [-0.25, -0.2) is 0 Å². The van der Waals surface area contributed by atoms with Gasteiger partial charge < -0.3 is 10.2 Å². The van der Waals surface area contributed by atoms with E-state index in [4.69, 9.17) is 0 Å². The molecule has 2 N–H and O–H groups in total. The standard InChI is InChI=1S/C16H23NO3/c1-11(2)7-8-17(12-3-4-12)10-16(20)14-6-5-13(18)9-15(14)19/h5-6,9,11-12,18-19H,3-4,7-8,10H2,1-2H3. The number of phenols is 2. The first kappa shape index (κ1) is 14.9. The Kier molecular flexibility index (Phi) is 4.65. The number of nitrogens with zero attached hydrogens (tertiary/aromatic N) is 1. The summed E-state index contributed by atoms with van der Waals surface area (Å²) in [6.45, 7) is 5.63. The van der Waals surface area contributed by atoms with E-state index >= 15 is 0 Å². The number of hydrogen-bond donors (Lipinski definition) is 2. The molecule has 1 saturated carbocycles. The van der Waals surface area contributed by atoms with E-state index in [1.54, 1.807) is 0 Å². The highest BCUT2D eigenvalue weighted by atomic mass is 16.3. The number of carbonyl (C=O) groups is 1. The summed E-state index contributed by atoms with van der Waals surface area (Å²) in [5.74, 6) is 0.360. The lowest BCUT2D eigenvalue weighted by molar-refractivity contribution is 0.0918. The molecule has 0 bridgehead atoms. The fraction of sp³-hybridized carbons (Fsp3) is 0.562. The Morgan fingerprint density at radius 1 is 1.35 bits per heavy atom. The Hall–Kier alpha value is -1.55. The average Bonchev–Trinajstić information content (AvgIpc) is 3.18. The minimum atomic E-state index is -0.144. The van der Waals surface area contributed by atoms with Crippen molar-refractivity contribution in [3.05, 3.63) is 23.8 Å². The van der Waals surface area contributed by atoms with Crippen molar-refractivity contribution in [1.82, 2.24) is 4.90 Å². The molecule has 4 heteroatoms. The van der Waals surface area contributed by atoms with Crippen LogP contribution in [-0.4, -0.2) is 40.0 Å². The van der Waals surface area contributed by atoms with Crippen molar-refractivity contribution < 1.29 is 15.0 Å². The third-order valence-corrected chi connectivity index (χ3v) is 3.69. The van der Waals surface area contributed by atoms with Crippen molar-refractivity contribution in [2.24, 2.45) is 5.92 Å². The van der Waals surface area contributed by atoms with Gasteiger partial charge in [-0.3, -0.25) is 9.69 Å². The van der Waals surface area contributed by atoms with Gasteiger partial charge in [0.25, 0.3) is 0 Å². The fourth-order valence-electron chi connectivity index (χ4n) is 2.28. The Labute approximate surface area is 120 Å². The first-order valence-corrected chi connectivity index (χ1v) is 7.26. The van der Waals surface area contributed by atoms with Crippen molar-refractivity contribution in [3.8, 4) is 11.5 Å². The van der Waals surface area contributed by atoms with E-state index in [2.05, 4.69) is 18.7 Å². The van der Waals surface area contributed by atoms with Crippen LogP contribution in [0.5, 0.6) is 11.5 Å². The number of Topliss-reactive ketones (excluding diaryl/α,β-unsaturated/α-hetero) is 1. The highest BCUT2D eigenvalue weighted by Gasteiger charge is 2.30. The number of ketones is 1. The lowest BCUT2D eigenvalue weighted by atomic mass is 10.1. The molecule has 1 aliphatic rings. The molecule has 1 aromatic carbocycles. The van der Waals surface area contributed by atoms with Crippen molar-refractivity contribution in [3.63, 3.8) is 0 Å². The average molecular weight is 277 g/mol. The summed E-state index contributed by atoms with van der Waals surface area (Å²) in [6.07, 6.45) is 3.39. The van der Waals surface area contributed by atoms with Crippen molar-refractivity contribution in [2.75, 3.05) is 13.1 Å². The molecule has 4 nitrogen and oxygen atoms in total. The van der Waals surface area contributed by atoms with E-state index in [1.165, 1.54) is 18.2 Å². The highest BCUT2D eigenvalue weighted by Crippen LogP contribution is 2.29. The molecule has 110 valence electrons. The minimum Gasteiger partial charge on any atom is -0.508 e. The molecule has 0 saturated heterocycles. The van der Waals surface area contributed by atoms with Crippen LogP contribution in [0.2, 0.25) is 0 Å². The lowest BCUT2D eigenvalue weighted by Crippen LogP contribution is -2.33. The number of aromatic hydroxyl groups is 2. The van der Waals surface area contributed by atoms with E-state index in [-0.39, 0.29) is 22.8 Å². The SMILES string of the molecule is CC(C)CCN(CC(=O)c1ccc(O)cc1O)C1CC1. The van der Waals surface area contributed by atoms with Gasteiger partial charge in [0.05, 0.1) is 12.1 Å². The molecule has 0 atom stereocenters. The maximum Gasteiger partial charge on any atom is 0.180 e. The van der Waals surface area contributed by atoms with Gasteiger partial charge in [-0.05, 0) is 43.9 Å². The summed E-state index contributed by atoms with van der Waals surface area (Å²) in [4.78, 5) is 14.5. The predicted molar refractivity (Wildman–Crippen MR) is 78.2 cm³/mol. The van der Waals surface area contributed by atoms with Crippen molar-refractivity contribution >= 4 is 5.78 Å². The Morgan fingerprint density at radius 2 is 2.05 bits per heavy atom. The van der Waals surface area contributed by atoms with Crippen molar-refractivity contribution in [1.29, 1.82) is 0 Å². The van der Waals surface area contributed by atoms with Gasteiger partial charge in [0, 0.05) is 12.1 Å². The summed E-state index contributed by atoms with van der Waals surface area (Å²) in [7, 11) is 0. The van der Waals surface area contributed by atoms with Crippen LogP contribution < -0.4 is 0 Å². The molecule has 0 radical (unpaired) electrons. The normalized spacial score (nSPS) is 15.0. The van der Waals surface area contributed by atoms with E-state index in [1.807, 2.05) is 0 Å². The molecular formula is C16H23NO3. The van der Waals surface area contributed by atoms with Gasteiger partial charge in [-0.2, -0.15) is 0 Å². The molecule has 0 unspecified atom stereocenters. The molecule has 20 heavy (non-hydrogen) atoms. The van der Waals surface area contributed by atoms with Crippen LogP contribution in [0, 0.1) is 5.92 Å². The Morgan fingerprint density at radius 3 is 2.60 bits per heavy atom. The maximum absolute atomic E-state index is 12.3. The van der Waals surface area contributed by atoms with Crippen molar-refractivity contribution in [2.45, 2.75) is 39.2 Å². The third-order valence-electron chi connectivity index (χ3n) is 3.69. The maximum atomic E-state index is 12.3. The van der Waals surface area contributed by atoms with Crippen LogP contribution in [0.4, 0.5) is 0 Å². The van der Waals surface area contributed by atoms with Gasteiger partial charge >= 0.3 is 0 Å². The van der Waals surface area contributed by atoms with Crippen LogP contribution in [0.3, 0.4) is 0 Å². The first-order valence-electron chi connectivity index (χ1n) is 7.26. The van der Waals surface area contributed by atoms with Crippen LogP contribution in [0.25, 0.3) is 0 Å². The molecule has 0 aliphatic heterocycles. The second-order valence-corrected chi connectivity index (χ2v) is 6.01. The van der Waals surface area contributed by atoms with E-state index in [9.17, 15) is 15.0 Å². The summed E-state index contributed by atoms with van der Waals surface area (Å²) in [5, 5.41) is 19.0. The fourth-order valence-corrected chi connectivity index (χ4v) is 2.28. The van der Waals surface area contributed by atoms with E-state index < -0.39 is 0 Å². The van der Waals surface area contributed by atoms with E-state index in [0.717, 1.165) is 25.8 Å². The summed E-state index contributed by atoms with van der Waals surface area (Å²) in [6, 6.07) is 4.66. The lowest BCUT2D eigenvalue weighted by Gasteiger charge is -2.22. The summed E-state index contributed by atoms with van der Waals surface area (Å²) < 4.78 is 0. The topological polar surface area (TPSA) is 60.8 Å². The van der Waals surface area contributed by atoms with Crippen LogP contribution >= 0.6 is 0 Å². The smallest absolute Gasteiger partial charge is 0.180 e. The van der Waals surface area contributed by atoms with Crippen LogP contribution in [0.1, 0.15) is 43.5 Å². The molecule has 0 aromatic heterocycles. The molecule has 1 aliphatic carbocycles. The van der Waals surface area contributed by atoms with E-state index in [0.29, 0.717) is 18.5 Å². The molecule has 0 amide bonds. The summed E-state index contributed by atoms with van der Waals surface area (Å²) >= 11 is 0. The minimum absolute atomic E-state index is 0.0297. The third kappa shape index (κ3) is 3.97. The zero-order valence-electron chi connectivity index (χ0n) is 12.2. The zero-order chi connectivity index (χ0) is 14.7. The Balaban J connectivity index is 2.00. The van der Waals surface area contributed by atoms with Gasteiger partial charge in [-0.1, -0.05) is 13.8 Å². The molecule has 2 rings (SSSR count). The number of benzene rings is 1. The Bertz CT molecular complexity index is 481. The number of carbonyl (C=O) groups excluding carboxylic acids is 1. The van der Waals surface area contributed by atoms with Gasteiger partial charge in [-0.15, -0.1) is 0 Å². The quantitative estimate of drug-likeness (QED) is 0.752. The second kappa shape index (κ2) is 6.27. The number of rotatable bonds is 7. The molecule has 1 aromatic rings. The highest BCUT2D eigenvalue weighted by molar-refractivity contribution is 6.00. The predicted octanol–water partition coefficient (Wildman–Crippen LogP) is 2.79. The van der Waals surface area contributed by atoms with Crippen LogP contribution in [0.15, 0.2) is 18.2 Å². The molecule has 0 spiro atoms. The number of hydrogen-bond acceptors (Lipinski definition) is 4. The first-order chi connectivity index (χ1) is 9.47. The van der Waals surface area contributed by atoms with Gasteiger partial charge in [0.2, 0.25) is 0 Å². The second-order valence-electron chi connectivity index (χ2n) is 6.01. The zero-order valence-corrected chi connectivity index (χ0v) is 12.2. The van der Waals surface area contributed by atoms with Gasteiger partial charge in [0.15, 0.2) is 5.78 Å². The molecule has 1 fully saturated rings. The summed E-state index contributed by atoms with van der Waals surface area (Å²) in [5.41, 5.74) is 0.290. The van der Waals surface area contributed by atoms with Gasteiger partial charge in [0.1, 0.15) is 11.5 Å². The number of phenolic OH excluding ortho intramolecular Hbond substituents is 2.